The second kappa shape index (κ2) is 12.5. The third-order valence-corrected chi connectivity index (χ3v) is 7.04. The highest BCUT2D eigenvalue weighted by molar-refractivity contribution is 7.92. The maximum absolute atomic E-state index is 13.3. The number of benzene rings is 2. The number of halogens is 1. The molecule has 2 rings (SSSR count). The van der Waals surface area contributed by atoms with Crippen LogP contribution in [0, 0.1) is 0 Å². The first-order chi connectivity index (χ1) is 16.7. The third-order valence-electron chi connectivity index (χ3n) is 5.48. The zero-order valence-electron chi connectivity index (χ0n) is 21.7. The molecule has 0 fully saturated rings. The molecule has 0 spiro atoms. The van der Waals surface area contributed by atoms with Crippen LogP contribution in [0.25, 0.3) is 0 Å². The second-order valence-corrected chi connectivity index (χ2v) is 12.0. The van der Waals surface area contributed by atoms with Crippen LogP contribution in [0.1, 0.15) is 46.1 Å². The van der Waals surface area contributed by atoms with Gasteiger partial charge in [0.25, 0.3) is 0 Å². The van der Waals surface area contributed by atoms with Crippen molar-refractivity contribution in [2.24, 2.45) is 0 Å². The number of amides is 2. The van der Waals surface area contributed by atoms with Gasteiger partial charge in [-0.25, -0.2) is 8.42 Å². The number of nitrogens with zero attached hydrogens (tertiary/aromatic N) is 2. The second-order valence-electron chi connectivity index (χ2n) is 9.66. The Balaban J connectivity index is 2.19. The number of carbonyl (C=O) groups is 2. The normalized spacial score (nSPS) is 12.5. The number of carbonyl (C=O) groups excluding carboxylic acids is 2. The van der Waals surface area contributed by atoms with E-state index in [1.807, 2.05) is 32.9 Å². The van der Waals surface area contributed by atoms with Crippen LogP contribution in [0.5, 0.6) is 5.75 Å². The minimum Gasteiger partial charge on any atom is -0.497 e. The van der Waals surface area contributed by atoms with Crippen molar-refractivity contribution in [1.29, 1.82) is 0 Å². The lowest BCUT2D eigenvalue weighted by Crippen LogP contribution is -2.52. The van der Waals surface area contributed by atoms with E-state index in [4.69, 9.17) is 16.3 Å². The average Bonchev–Trinajstić information content (AvgIpc) is 2.79. The molecule has 0 radical (unpaired) electrons. The van der Waals surface area contributed by atoms with Crippen LogP contribution < -0.4 is 14.4 Å². The number of methoxy groups -OCH3 is 1. The zero-order chi connectivity index (χ0) is 27.1. The highest BCUT2D eigenvalue weighted by Gasteiger charge is 2.29. The maximum atomic E-state index is 13.3. The van der Waals surface area contributed by atoms with Crippen LogP contribution in [0.3, 0.4) is 0 Å². The first kappa shape index (κ1) is 29.5. The Labute approximate surface area is 219 Å². The van der Waals surface area contributed by atoms with Gasteiger partial charge in [0.05, 0.1) is 19.1 Å². The van der Waals surface area contributed by atoms with Crippen molar-refractivity contribution in [1.82, 2.24) is 10.2 Å². The fourth-order valence-corrected chi connectivity index (χ4v) is 4.78. The van der Waals surface area contributed by atoms with Gasteiger partial charge < -0.3 is 15.0 Å². The van der Waals surface area contributed by atoms with Crippen LogP contribution in [-0.2, 0) is 26.2 Å². The van der Waals surface area contributed by atoms with Gasteiger partial charge in [-0.05, 0) is 70.0 Å². The summed E-state index contributed by atoms with van der Waals surface area (Å²) in [5.41, 5.74) is 0.745. The quantitative estimate of drug-likeness (QED) is 0.463. The monoisotopic (exact) mass is 537 g/mol. The van der Waals surface area contributed by atoms with E-state index in [0.717, 1.165) is 11.8 Å². The molecule has 0 unspecified atom stereocenters. The number of ether oxygens (including phenoxy) is 1. The molecule has 0 heterocycles. The minimum atomic E-state index is -3.57. The fourth-order valence-electron chi connectivity index (χ4n) is 3.62. The fraction of sp³-hybridized carbons (Fsp3) is 0.462. The molecule has 0 aliphatic carbocycles. The summed E-state index contributed by atoms with van der Waals surface area (Å²) in [6.07, 6.45) is 1.45. The lowest BCUT2D eigenvalue weighted by Gasteiger charge is -2.32. The predicted octanol–water partition coefficient (Wildman–Crippen LogP) is 4.23. The van der Waals surface area contributed by atoms with Crippen LogP contribution in [-0.4, -0.2) is 56.6 Å². The number of nitrogens with one attached hydrogen (secondary N) is 1. The van der Waals surface area contributed by atoms with Crippen molar-refractivity contribution in [2.45, 2.75) is 58.7 Å². The van der Waals surface area contributed by atoms with Crippen LogP contribution in [0.4, 0.5) is 5.69 Å². The molecule has 36 heavy (non-hydrogen) atoms. The van der Waals surface area contributed by atoms with E-state index in [2.05, 4.69) is 5.32 Å². The highest BCUT2D eigenvalue weighted by Crippen LogP contribution is 2.23. The minimum absolute atomic E-state index is 0.0553. The van der Waals surface area contributed by atoms with Gasteiger partial charge in [0.2, 0.25) is 21.8 Å². The molecule has 2 aromatic carbocycles. The van der Waals surface area contributed by atoms with E-state index in [-0.39, 0.29) is 37.7 Å². The summed E-state index contributed by atoms with van der Waals surface area (Å²) in [4.78, 5) is 27.7. The molecule has 0 aliphatic heterocycles. The maximum Gasteiger partial charge on any atom is 0.242 e. The van der Waals surface area contributed by atoms with Crippen molar-refractivity contribution in [3.05, 3.63) is 59.1 Å². The van der Waals surface area contributed by atoms with E-state index in [0.29, 0.717) is 16.5 Å². The summed E-state index contributed by atoms with van der Waals surface area (Å²) in [5.74, 6) is 0.0636. The van der Waals surface area contributed by atoms with E-state index in [1.54, 1.807) is 43.3 Å². The smallest absolute Gasteiger partial charge is 0.242 e. The molecule has 1 atom stereocenters. The van der Waals surface area contributed by atoms with Gasteiger partial charge in [-0.1, -0.05) is 29.8 Å². The average molecular weight is 538 g/mol. The Morgan fingerprint density at radius 1 is 1.08 bits per heavy atom. The van der Waals surface area contributed by atoms with Crippen LogP contribution >= 0.6 is 11.6 Å². The first-order valence-electron chi connectivity index (χ1n) is 11.7. The van der Waals surface area contributed by atoms with Crippen molar-refractivity contribution in [3.63, 3.8) is 0 Å². The molecule has 198 valence electrons. The van der Waals surface area contributed by atoms with E-state index in [9.17, 15) is 18.0 Å². The van der Waals surface area contributed by atoms with Gasteiger partial charge in [0.15, 0.2) is 0 Å². The van der Waals surface area contributed by atoms with Crippen molar-refractivity contribution in [2.75, 3.05) is 24.2 Å². The number of rotatable bonds is 11. The largest absolute Gasteiger partial charge is 0.497 e. The molecule has 0 aromatic heterocycles. The number of anilines is 1. The van der Waals surface area contributed by atoms with Gasteiger partial charge in [-0.3, -0.25) is 13.9 Å². The SMILES string of the molecule is COc1ccc(N(CCCC(=O)N(Cc2ccccc2Cl)[C@@H](C)C(=O)NC(C)(C)C)S(C)(=O)=O)cc1. The third kappa shape index (κ3) is 8.71. The summed E-state index contributed by atoms with van der Waals surface area (Å²) in [6.45, 7) is 7.56. The first-order valence-corrected chi connectivity index (χ1v) is 13.9. The molecule has 10 heteroatoms. The van der Waals surface area contributed by atoms with Crippen molar-refractivity contribution < 1.29 is 22.7 Å². The molecule has 8 nitrogen and oxygen atoms in total. The summed E-state index contributed by atoms with van der Waals surface area (Å²) >= 11 is 6.33. The standard InChI is InChI=1S/C26H36ClN3O5S/c1-19(25(32)28-26(2,3)4)29(18-20-10-7-8-11-23(20)27)24(31)12-9-17-30(36(6,33)34)21-13-15-22(35-5)16-14-21/h7-8,10-11,13-16,19H,9,12,17-18H2,1-6H3,(H,28,32)/t19-/m0/s1. The molecule has 2 amide bonds. The number of sulfonamides is 1. The van der Waals surface area contributed by atoms with E-state index >= 15 is 0 Å². The van der Waals surface area contributed by atoms with Crippen molar-refractivity contribution >= 4 is 39.1 Å². The summed E-state index contributed by atoms with van der Waals surface area (Å²) in [7, 11) is -2.04. The summed E-state index contributed by atoms with van der Waals surface area (Å²) < 4.78 is 31.3. The Hall–Kier alpha value is -2.78. The topological polar surface area (TPSA) is 96.0 Å². The molecular weight excluding hydrogens is 502 g/mol. The Morgan fingerprint density at radius 2 is 1.69 bits per heavy atom. The lowest BCUT2D eigenvalue weighted by molar-refractivity contribution is -0.141. The highest BCUT2D eigenvalue weighted by atomic mass is 35.5. The molecule has 0 aliphatic rings. The molecule has 1 N–H and O–H groups in total. The number of hydrogen-bond acceptors (Lipinski definition) is 5. The Morgan fingerprint density at radius 3 is 2.22 bits per heavy atom. The molecule has 0 saturated carbocycles. The molecule has 0 bridgehead atoms. The molecule has 0 saturated heterocycles. The van der Waals surface area contributed by atoms with Crippen molar-refractivity contribution in [3.8, 4) is 5.75 Å². The van der Waals surface area contributed by atoms with Gasteiger partial charge in [-0.15, -0.1) is 0 Å². The van der Waals surface area contributed by atoms with Gasteiger partial charge >= 0.3 is 0 Å². The van der Waals surface area contributed by atoms with E-state index in [1.165, 1.54) is 16.3 Å². The Kier molecular flexibility index (Phi) is 10.2. The molecular formula is C26H36ClN3O5S. The lowest BCUT2D eigenvalue weighted by atomic mass is 10.1. The van der Waals surface area contributed by atoms with Crippen LogP contribution in [0.15, 0.2) is 48.5 Å². The molecule has 2 aromatic rings. The zero-order valence-corrected chi connectivity index (χ0v) is 23.3. The summed E-state index contributed by atoms with van der Waals surface area (Å²) in [5, 5.41) is 3.42. The van der Waals surface area contributed by atoms with Gasteiger partial charge in [0, 0.05) is 30.1 Å². The van der Waals surface area contributed by atoms with Crippen LogP contribution in [0.2, 0.25) is 5.02 Å². The van der Waals surface area contributed by atoms with Gasteiger partial charge in [0.1, 0.15) is 11.8 Å². The predicted molar refractivity (Wildman–Crippen MR) is 144 cm³/mol. The summed E-state index contributed by atoms with van der Waals surface area (Å²) in [6, 6.07) is 13.1. The van der Waals surface area contributed by atoms with Gasteiger partial charge in [-0.2, -0.15) is 0 Å². The number of hydrogen-bond donors (Lipinski definition) is 1. The Bertz CT molecular complexity index is 1150. The van der Waals surface area contributed by atoms with E-state index < -0.39 is 21.6 Å².